The number of hydrogen-bond acceptors (Lipinski definition) is 4. The second kappa shape index (κ2) is 4.64. The number of hydrogen-bond donors (Lipinski definition) is 1. The van der Waals surface area contributed by atoms with Crippen molar-refractivity contribution in [1.82, 2.24) is 19.7 Å². The van der Waals surface area contributed by atoms with Crippen LogP contribution in [0.3, 0.4) is 0 Å². The maximum absolute atomic E-state index is 5.94. The Bertz CT molecular complexity index is 596. The molecule has 0 unspecified atom stereocenters. The second-order valence-corrected chi connectivity index (χ2v) is 5.32. The van der Waals surface area contributed by atoms with Crippen molar-refractivity contribution >= 4 is 5.82 Å². The zero-order valence-corrected chi connectivity index (χ0v) is 11.4. The Hall–Kier alpha value is -1.91. The molecular formula is C14H19N5. The molecule has 5 nitrogen and oxygen atoms in total. The lowest BCUT2D eigenvalue weighted by Gasteiger charge is -2.10. The third-order valence-corrected chi connectivity index (χ3v) is 3.79. The van der Waals surface area contributed by atoms with Crippen molar-refractivity contribution in [2.24, 2.45) is 7.05 Å². The van der Waals surface area contributed by atoms with Gasteiger partial charge in [-0.15, -0.1) is 0 Å². The van der Waals surface area contributed by atoms with Crippen LogP contribution < -0.4 is 5.73 Å². The van der Waals surface area contributed by atoms with Crippen molar-refractivity contribution in [3.8, 4) is 11.4 Å². The molecule has 0 radical (unpaired) electrons. The van der Waals surface area contributed by atoms with E-state index < -0.39 is 0 Å². The van der Waals surface area contributed by atoms with Crippen LogP contribution in [-0.4, -0.2) is 19.7 Å². The van der Waals surface area contributed by atoms with Crippen LogP contribution in [0.2, 0.25) is 0 Å². The fourth-order valence-electron chi connectivity index (χ4n) is 2.86. The molecule has 0 bridgehead atoms. The number of aromatic nitrogens is 4. The molecular weight excluding hydrogens is 238 g/mol. The number of nitrogens with zero attached hydrogens (tertiary/aromatic N) is 4. The molecule has 2 heterocycles. The molecule has 100 valence electrons. The molecule has 2 N–H and O–H groups in total. The SMILES string of the molecule is Cc1nn(C)cc1-c1nc(N)cc(C2CCCC2)n1. The van der Waals surface area contributed by atoms with Gasteiger partial charge in [-0.25, -0.2) is 9.97 Å². The lowest BCUT2D eigenvalue weighted by Crippen LogP contribution is -2.03. The standard InChI is InChI=1S/C14H19N5/c1-9-11(8-19(2)18-9)14-16-12(7-13(15)17-14)10-5-3-4-6-10/h7-8,10H,3-6H2,1-2H3,(H2,15,16,17). The summed E-state index contributed by atoms with van der Waals surface area (Å²) in [4.78, 5) is 9.08. The summed E-state index contributed by atoms with van der Waals surface area (Å²) in [6, 6.07) is 1.92. The molecule has 0 saturated heterocycles. The lowest BCUT2D eigenvalue weighted by molar-refractivity contribution is 0.696. The van der Waals surface area contributed by atoms with Gasteiger partial charge in [-0.1, -0.05) is 12.8 Å². The lowest BCUT2D eigenvalue weighted by atomic mass is 10.0. The molecule has 0 spiro atoms. The Morgan fingerprint density at radius 1 is 1.26 bits per heavy atom. The number of nitrogens with two attached hydrogens (primary N) is 1. The van der Waals surface area contributed by atoms with Gasteiger partial charge in [-0.2, -0.15) is 5.10 Å². The molecule has 3 rings (SSSR count). The monoisotopic (exact) mass is 257 g/mol. The first kappa shape index (κ1) is 12.1. The molecule has 0 amide bonds. The molecule has 19 heavy (non-hydrogen) atoms. The zero-order valence-electron chi connectivity index (χ0n) is 11.4. The van der Waals surface area contributed by atoms with E-state index in [0.29, 0.717) is 17.6 Å². The summed E-state index contributed by atoms with van der Waals surface area (Å²) < 4.78 is 1.78. The van der Waals surface area contributed by atoms with Crippen LogP contribution in [0.4, 0.5) is 5.82 Å². The Kier molecular flexibility index (Phi) is 2.97. The molecule has 0 atom stereocenters. The predicted molar refractivity (Wildman–Crippen MR) is 74.6 cm³/mol. The van der Waals surface area contributed by atoms with Gasteiger partial charge in [0.1, 0.15) is 5.82 Å². The summed E-state index contributed by atoms with van der Waals surface area (Å²) in [5.41, 5.74) is 8.93. The summed E-state index contributed by atoms with van der Waals surface area (Å²) in [6.07, 6.45) is 6.94. The summed E-state index contributed by atoms with van der Waals surface area (Å²) in [5, 5.41) is 4.34. The smallest absolute Gasteiger partial charge is 0.165 e. The number of aryl methyl sites for hydroxylation is 2. The number of nitrogen functional groups attached to an aromatic ring is 1. The predicted octanol–water partition coefficient (Wildman–Crippen LogP) is 2.43. The van der Waals surface area contributed by atoms with E-state index in [9.17, 15) is 0 Å². The normalized spacial score (nSPS) is 16.1. The van der Waals surface area contributed by atoms with Crippen LogP contribution in [0.15, 0.2) is 12.3 Å². The van der Waals surface area contributed by atoms with Gasteiger partial charge in [0, 0.05) is 30.9 Å². The highest BCUT2D eigenvalue weighted by Gasteiger charge is 2.20. The van der Waals surface area contributed by atoms with E-state index in [0.717, 1.165) is 17.0 Å². The molecule has 1 saturated carbocycles. The molecule has 2 aromatic rings. The molecule has 0 aromatic carbocycles. The van der Waals surface area contributed by atoms with Crippen molar-refractivity contribution in [3.63, 3.8) is 0 Å². The number of anilines is 1. The third-order valence-electron chi connectivity index (χ3n) is 3.79. The summed E-state index contributed by atoms with van der Waals surface area (Å²) in [7, 11) is 1.90. The van der Waals surface area contributed by atoms with Gasteiger partial charge in [0.05, 0.1) is 11.3 Å². The zero-order chi connectivity index (χ0) is 13.4. The first-order valence-electron chi connectivity index (χ1n) is 6.78. The molecule has 1 aliphatic carbocycles. The highest BCUT2D eigenvalue weighted by Crippen LogP contribution is 2.34. The van der Waals surface area contributed by atoms with Gasteiger partial charge in [-0.3, -0.25) is 4.68 Å². The van der Waals surface area contributed by atoms with E-state index >= 15 is 0 Å². The van der Waals surface area contributed by atoms with E-state index in [4.69, 9.17) is 10.7 Å². The quantitative estimate of drug-likeness (QED) is 0.897. The van der Waals surface area contributed by atoms with Crippen LogP contribution >= 0.6 is 0 Å². The first-order chi connectivity index (χ1) is 9.13. The largest absolute Gasteiger partial charge is 0.384 e. The van der Waals surface area contributed by atoms with Crippen LogP contribution in [0.5, 0.6) is 0 Å². The number of rotatable bonds is 2. The average molecular weight is 257 g/mol. The van der Waals surface area contributed by atoms with Gasteiger partial charge in [0.25, 0.3) is 0 Å². The van der Waals surface area contributed by atoms with E-state index in [-0.39, 0.29) is 0 Å². The molecule has 0 aliphatic heterocycles. The molecule has 5 heteroatoms. The molecule has 1 fully saturated rings. The Labute approximate surface area is 112 Å². The van der Waals surface area contributed by atoms with Gasteiger partial charge >= 0.3 is 0 Å². The Morgan fingerprint density at radius 3 is 2.63 bits per heavy atom. The topological polar surface area (TPSA) is 69.6 Å². The fraction of sp³-hybridized carbons (Fsp3) is 0.500. The van der Waals surface area contributed by atoms with E-state index in [2.05, 4.69) is 10.1 Å². The van der Waals surface area contributed by atoms with Crippen molar-refractivity contribution in [3.05, 3.63) is 23.7 Å². The van der Waals surface area contributed by atoms with Crippen molar-refractivity contribution in [1.29, 1.82) is 0 Å². The third kappa shape index (κ3) is 2.32. The minimum absolute atomic E-state index is 0.543. The minimum atomic E-state index is 0.543. The molecule has 2 aromatic heterocycles. The highest BCUT2D eigenvalue weighted by atomic mass is 15.3. The van der Waals surface area contributed by atoms with Gasteiger partial charge < -0.3 is 5.73 Å². The summed E-state index contributed by atoms with van der Waals surface area (Å²) in [6.45, 7) is 1.97. The summed E-state index contributed by atoms with van der Waals surface area (Å²) in [5.74, 6) is 1.80. The van der Waals surface area contributed by atoms with E-state index in [1.54, 1.807) is 4.68 Å². The minimum Gasteiger partial charge on any atom is -0.384 e. The van der Waals surface area contributed by atoms with Crippen LogP contribution in [-0.2, 0) is 7.05 Å². The van der Waals surface area contributed by atoms with Crippen molar-refractivity contribution < 1.29 is 0 Å². The maximum atomic E-state index is 5.94. The van der Waals surface area contributed by atoms with Crippen molar-refractivity contribution in [2.75, 3.05) is 5.73 Å². The highest BCUT2D eigenvalue weighted by molar-refractivity contribution is 5.58. The fourth-order valence-corrected chi connectivity index (χ4v) is 2.86. The van der Waals surface area contributed by atoms with Gasteiger partial charge in [0.2, 0.25) is 0 Å². The Balaban J connectivity index is 2.04. The van der Waals surface area contributed by atoms with Crippen LogP contribution in [0.25, 0.3) is 11.4 Å². The van der Waals surface area contributed by atoms with Gasteiger partial charge in [-0.05, 0) is 19.8 Å². The van der Waals surface area contributed by atoms with Crippen molar-refractivity contribution in [2.45, 2.75) is 38.5 Å². The van der Waals surface area contributed by atoms with Gasteiger partial charge in [0.15, 0.2) is 5.82 Å². The first-order valence-corrected chi connectivity index (χ1v) is 6.78. The van der Waals surface area contributed by atoms with E-state index in [1.807, 2.05) is 26.2 Å². The summed E-state index contributed by atoms with van der Waals surface area (Å²) >= 11 is 0. The van der Waals surface area contributed by atoms with Crippen LogP contribution in [0, 0.1) is 6.92 Å². The van der Waals surface area contributed by atoms with Crippen LogP contribution in [0.1, 0.15) is 43.0 Å². The molecule has 1 aliphatic rings. The average Bonchev–Trinajstić information content (AvgIpc) is 2.98. The maximum Gasteiger partial charge on any atom is 0.165 e. The Morgan fingerprint density at radius 2 is 2.00 bits per heavy atom. The second-order valence-electron chi connectivity index (χ2n) is 5.32. The van der Waals surface area contributed by atoms with E-state index in [1.165, 1.54) is 25.7 Å².